The molecule has 1 saturated heterocycles. The molecule has 1 aliphatic rings. The van der Waals surface area contributed by atoms with Gasteiger partial charge in [0.25, 0.3) is 0 Å². The van der Waals surface area contributed by atoms with Crippen molar-refractivity contribution in [3.05, 3.63) is 22.4 Å². The van der Waals surface area contributed by atoms with Crippen molar-refractivity contribution in [1.29, 1.82) is 0 Å². The molecule has 2 heterocycles. The standard InChI is InChI=1S/C18H32N4S.HI/c1-3-11-22-12-8-16(9-13-22)15-21-18(19-4-2)20-10-7-17-6-5-14-23-17;/h5-6,14,16H,3-4,7-13,15H2,1-2H3,(H2,19,20,21);1H. The van der Waals surface area contributed by atoms with E-state index >= 15 is 0 Å². The Balaban J connectivity index is 0.00000288. The first kappa shape index (κ1) is 21.7. The van der Waals surface area contributed by atoms with Crippen molar-refractivity contribution < 1.29 is 0 Å². The number of halogens is 1. The molecule has 4 nitrogen and oxygen atoms in total. The lowest BCUT2D eigenvalue weighted by molar-refractivity contribution is 0.188. The molecule has 0 atom stereocenters. The summed E-state index contributed by atoms with van der Waals surface area (Å²) in [6, 6.07) is 4.31. The predicted octanol–water partition coefficient (Wildman–Crippen LogP) is 3.59. The summed E-state index contributed by atoms with van der Waals surface area (Å²) in [6.45, 7) is 11.0. The summed E-state index contributed by atoms with van der Waals surface area (Å²) < 4.78 is 0. The summed E-state index contributed by atoms with van der Waals surface area (Å²) in [5.74, 6) is 1.72. The van der Waals surface area contributed by atoms with Gasteiger partial charge in [0.15, 0.2) is 5.96 Å². The van der Waals surface area contributed by atoms with Gasteiger partial charge in [-0.25, -0.2) is 0 Å². The third-order valence-electron chi connectivity index (χ3n) is 4.34. The molecule has 1 aromatic heterocycles. The quantitative estimate of drug-likeness (QED) is 0.351. The van der Waals surface area contributed by atoms with Gasteiger partial charge in [0.1, 0.15) is 0 Å². The summed E-state index contributed by atoms with van der Waals surface area (Å²) in [5, 5.41) is 8.96. The number of piperidine rings is 1. The zero-order chi connectivity index (χ0) is 16.3. The maximum absolute atomic E-state index is 4.81. The second kappa shape index (κ2) is 12.9. The maximum Gasteiger partial charge on any atom is 0.191 e. The van der Waals surface area contributed by atoms with Crippen molar-refractivity contribution in [3.63, 3.8) is 0 Å². The van der Waals surface area contributed by atoms with Gasteiger partial charge >= 0.3 is 0 Å². The molecule has 2 rings (SSSR count). The Kier molecular flexibility index (Phi) is 11.7. The van der Waals surface area contributed by atoms with Crippen molar-refractivity contribution in [2.75, 3.05) is 39.3 Å². The van der Waals surface area contributed by atoms with Crippen LogP contribution in [0.25, 0.3) is 0 Å². The van der Waals surface area contributed by atoms with Crippen molar-refractivity contribution in [2.45, 2.75) is 39.5 Å². The van der Waals surface area contributed by atoms with E-state index < -0.39 is 0 Å². The highest BCUT2D eigenvalue weighted by atomic mass is 127. The van der Waals surface area contributed by atoms with Crippen LogP contribution < -0.4 is 10.6 Å². The van der Waals surface area contributed by atoms with E-state index in [0.717, 1.165) is 37.9 Å². The molecule has 0 bridgehead atoms. The van der Waals surface area contributed by atoms with E-state index in [9.17, 15) is 0 Å². The minimum atomic E-state index is 0. The Bertz CT molecular complexity index is 442. The molecule has 0 amide bonds. The van der Waals surface area contributed by atoms with E-state index in [4.69, 9.17) is 4.99 Å². The smallest absolute Gasteiger partial charge is 0.191 e. The molecule has 0 aliphatic carbocycles. The fourth-order valence-corrected chi connectivity index (χ4v) is 3.74. The highest BCUT2D eigenvalue weighted by Crippen LogP contribution is 2.17. The molecule has 24 heavy (non-hydrogen) atoms. The van der Waals surface area contributed by atoms with E-state index in [0.29, 0.717) is 0 Å². The molecular weight excluding hydrogens is 431 g/mol. The predicted molar refractivity (Wildman–Crippen MR) is 117 cm³/mol. The van der Waals surface area contributed by atoms with E-state index in [-0.39, 0.29) is 24.0 Å². The number of hydrogen-bond acceptors (Lipinski definition) is 3. The SMILES string of the molecule is CCCN1CCC(CN=C(NCC)NCCc2cccs2)CC1.I. The highest BCUT2D eigenvalue weighted by molar-refractivity contribution is 14.0. The molecule has 138 valence electrons. The summed E-state index contributed by atoms with van der Waals surface area (Å²) in [5.41, 5.74) is 0. The van der Waals surface area contributed by atoms with Crippen LogP contribution >= 0.6 is 35.3 Å². The molecule has 0 aromatic carbocycles. The van der Waals surface area contributed by atoms with Gasteiger partial charge in [0, 0.05) is 24.5 Å². The average molecular weight is 464 g/mol. The van der Waals surface area contributed by atoms with Crippen LogP contribution in [0, 0.1) is 5.92 Å². The van der Waals surface area contributed by atoms with E-state index in [1.54, 1.807) is 0 Å². The van der Waals surface area contributed by atoms with Crippen molar-refractivity contribution in [1.82, 2.24) is 15.5 Å². The second-order valence-electron chi connectivity index (χ2n) is 6.26. The minimum Gasteiger partial charge on any atom is -0.357 e. The first-order valence-corrected chi connectivity index (χ1v) is 9.96. The van der Waals surface area contributed by atoms with Crippen LogP contribution in [-0.2, 0) is 6.42 Å². The summed E-state index contributed by atoms with van der Waals surface area (Å²) in [7, 11) is 0. The molecule has 6 heteroatoms. The largest absolute Gasteiger partial charge is 0.357 e. The lowest BCUT2D eigenvalue weighted by Crippen LogP contribution is -2.39. The van der Waals surface area contributed by atoms with Gasteiger partial charge in [-0.05, 0) is 69.6 Å². The van der Waals surface area contributed by atoms with E-state index in [1.807, 2.05) is 11.3 Å². The van der Waals surface area contributed by atoms with Gasteiger partial charge in [-0.2, -0.15) is 0 Å². The number of rotatable bonds is 8. The normalized spacial score (nSPS) is 16.7. The van der Waals surface area contributed by atoms with Crippen molar-refractivity contribution >= 4 is 41.3 Å². The molecule has 0 saturated carbocycles. The molecule has 0 unspecified atom stereocenters. The van der Waals surface area contributed by atoms with E-state index in [1.165, 1.54) is 43.8 Å². The van der Waals surface area contributed by atoms with Gasteiger partial charge in [-0.15, -0.1) is 35.3 Å². The molecule has 1 aliphatic heterocycles. The zero-order valence-electron chi connectivity index (χ0n) is 15.1. The number of thiophene rings is 1. The fraction of sp³-hybridized carbons (Fsp3) is 0.722. The van der Waals surface area contributed by atoms with Crippen LogP contribution in [0.3, 0.4) is 0 Å². The lowest BCUT2D eigenvalue weighted by Gasteiger charge is -2.31. The van der Waals surface area contributed by atoms with Crippen LogP contribution in [0.4, 0.5) is 0 Å². The summed E-state index contributed by atoms with van der Waals surface area (Å²) in [4.78, 5) is 8.82. The molecule has 1 fully saturated rings. The summed E-state index contributed by atoms with van der Waals surface area (Å²) >= 11 is 1.82. The topological polar surface area (TPSA) is 39.7 Å². The van der Waals surface area contributed by atoms with Crippen LogP contribution in [0.2, 0.25) is 0 Å². The molecule has 2 N–H and O–H groups in total. The van der Waals surface area contributed by atoms with Gasteiger partial charge in [0.05, 0.1) is 0 Å². The fourth-order valence-electron chi connectivity index (χ4n) is 3.03. The second-order valence-corrected chi connectivity index (χ2v) is 7.29. The Labute approximate surface area is 168 Å². The number of likely N-dealkylation sites (tertiary alicyclic amines) is 1. The number of nitrogens with one attached hydrogen (secondary N) is 2. The number of hydrogen-bond donors (Lipinski definition) is 2. The molecule has 0 radical (unpaired) electrons. The number of aliphatic imine (C=N–C) groups is 1. The number of guanidine groups is 1. The maximum atomic E-state index is 4.81. The molecular formula is C18H33IN4S. The van der Waals surface area contributed by atoms with Crippen LogP contribution in [0.5, 0.6) is 0 Å². The van der Waals surface area contributed by atoms with Gasteiger partial charge < -0.3 is 15.5 Å². The van der Waals surface area contributed by atoms with Gasteiger partial charge in [-0.1, -0.05) is 13.0 Å². The third kappa shape index (κ3) is 8.16. The van der Waals surface area contributed by atoms with Crippen LogP contribution in [0.15, 0.2) is 22.5 Å². The molecule has 1 aromatic rings. The van der Waals surface area contributed by atoms with Crippen molar-refractivity contribution in [3.8, 4) is 0 Å². The van der Waals surface area contributed by atoms with Crippen LogP contribution in [0.1, 0.15) is 38.0 Å². The minimum absolute atomic E-state index is 0. The van der Waals surface area contributed by atoms with E-state index in [2.05, 4.69) is 46.9 Å². The summed E-state index contributed by atoms with van der Waals surface area (Å²) in [6.07, 6.45) is 4.91. The molecule has 0 spiro atoms. The Morgan fingerprint density at radius 3 is 2.71 bits per heavy atom. The van der Waals surface area contributed by atoms with Gasteiger partial charge in [-0.3, -0.25) is 4.99 Å². The third-order valence-corrected chi connectivity index (χ3v) is 5.28. The average Bonchev–Trinajstić information content (AvgIpc) is 3.07. The number of nitrogens with zero attached hydrogens (tertiary/aromatic N) is 2. The Hall–Kier alpha value is -0.340. The van der Waals surface area contributed by atoms with Crippen molar-refractivity contribution in [2.24, 2.45) is 10.9 Å². The first-order chi connectivity index (χ1) is 11.3. The Morgan fingerprint density at radius 1 is 1.29 bits per heavy atom. The Morgan fingerprint density at radius 2 is 2.08 bits per heavy atom. The van der Waals surface area contributed by atoms with Crippen LogP contribution in [-0.4, -0.2) is 50.1 Å². The first-order valence-electron chi connectivity index (χ1n) is 9.08. The van der Waals surface area contributed by atoms with Gasteiger partial charge in [0.2, 0.25) is 0 Å². The zero-order valence-corrected chi connectivity index (χ0v) is 18.2. The highest BCUT2D eigenvalue weighted by Gasteiger charge is 2.18. The monoisotopic (exact) mass is 464 g/mol. The lowest BCUT2D eigenvalue weighted by atomic mass is 9.97.